The maximum atomic E-state index is 13.3. The van der Waals surface area contributed by atoms with E-state index in [0.29, 0.717) is 27.3 Å². The van der Waals surface area contributed by atoms with Crippen molar-refractivity contribution >= 4 is 11.3 Å². The second-order valence-electron chi connectivity index (χ2n) is 6.55. The summed E-state index contributed by atoms with van der Waals surface area (Å²) in [7, 11) is 0. The molecule has 0 aliphatic rings. The molecular formula is C20H10F6N6S. The lowest BCUT2D eigenvalue weighted by Crippen LogP contribution is -2.15. The predicted molar refractivity (Wildman–Crippen MR) is 105 cm³/mol. The largest absolute Gasteiger partial charge is 0.416 e. The van der Waals surface area contributed by atoms with Gasteiger partial charge in [0.15, 0.2) is 10.0 Å². The third-order valence-electron chi connectivity index (χ3n) is 4.23. The molecule has 0 saturated carbocycles. The second kappa shape index (κ2) is 8.62. The van der Waals surface area contributed by atoms with E-state index < -0.39 is 23.5 Å². The molecule has 0 aliphatic carbocycles. The zero-order valence-corrected chi connectivity index (χ0v) is 17.0. The van der Waals surface area contributed by atoms with Crippen LogP contribution in [0.15, 0.2) is 49.2 Å². The van der Waals surface area contributed by atoms with Crippen LogP contribution in [0.3, 0.4) is 0 Å². The Labute approximate surface area is 186 Å². The van der Waals surface area contributed by atoms with Gasteiger partial charge in [-0.1, -0.05) is 23.3 Å². The van der Waals surface area contributed by atoms with Gasteiger partial charge in [-0.3, -0.25) is 14.6 Å². The standard InChI is InChI=1S/C20H10F6N6S/c21-19(22,23)14-3-2-13(15(7-14)20(24,25)26)11-32-10-12(8-29-32)1-4-17-30-31-18(33-17)16-9-27-5-6-28-16/h2-3,5-10H,11H2. The van der Waals surface area contributed by atoms with Gasteiger partial charge in [0.05, 0.1) is 35.6 Å². The first-order valence-corrected chi connectivity index (χ1v) is 9.83. The topological polar surface area (TPSA) is 69.4 Å². The lowest BCUT2D eigenvalue weighted by Gasteiger charge is -2.16. The van der Waals surface area contributed by atoms with Gasteiger partial charge >= 0.3 is 12.4 Å². The highest BCUT2D eigenvalue weighted by Crippen LogP contribution is 2.37. The van der Waals surface area contributed by atoms with Gasteiger partial charge in [0.1, 0.15) is 5.69 Å². The van der Waals surface area contributed by atoms with Crippen LogP contribution < -0.4 is 0 Å². The Bertz CT molecular complexity index is 1330. The van der Waals surface area contributed by atoms with Gasteiger partial charge < -0.3 is 0 Å². The Morgan fingerprint density at radius 3 is 2.45 bits per heavy atom. The minimum absolute atomic E-state index is 0.101. The van der Waals surface area contributed by atoms with E-state index in [9.17, 15) is 26.3 Å². The van der Waals surface area contributed by atoms with Crippen molar-refractivity contribution in [3.05, 3.63) is 76.4 Å². The van der Waals surface area contributed by atoms with Crippen molar-refractivity contribution in [2.45, 2.75) is 18.9 Å². The van der Waals surface area contributed by atoms with Crippen molar-refractivity contribution < 1.29 is 26.3 Å². The first-order valence-electron chi connectivity index (χ1n) is 9.01. The molecule has 4 aromatic rings. The molecule has 33 heavy (non-hydrogen) atoms. The number of benzene rings is 1. The quantitative estimate of drug-likeness (QED) is 0.315. The van der Waals surface area contributed by atoms with E-state index in [-0.39, 0.29) is 18.2 Å². The summed E-state index contributed by atoms with van der Waals surface area (Å²) in [6.45, 7) is -0.385. The fourth-order valence-electron chi connectivity index (χ4n) is 2.76. The molecule has 0 fully saturated rings. The summed E-state index contributed by atoms with van der Waals surface area (Å²) in [6, 6.07) is 1.51. The molecule has 0 atom stereocenters. The summed E-state index contributed by atoms with van der Waals surface area (Å²) < 4.78 is 79.6. The number of aromatic nitrogens is 6. The molecule has 6 nitrogen and oxygen atoms in total. The highest BCUT2D eigenvalue weighted by molar-refractivity contribution is 7.15. The Hall–Kier alpha value is -3.79. The van der Waals surface area contributed by atoms with Crippen LogP contribution >= 0.6 is 11.3 Å². The molecule has 0 aliphatic heterocycles. The zero-order chi connectivity index (χ0) is 23.6. The first-order chi connectivity index (χ1) is 15.6. The normalized spacial score (nSPS) is 11.8. The van der Waals surface area contributed by atoms with E-state index >= 15 is 0 Å². The van der Waals surface area contributed by atoms with Gasteiger partial charge in [-0.25, -0.2) is 0 Å². The van der Waals surface area contributed by atoms with Gasteiger partial charge in [-0.05, 0) is 23.6 Å². The predicted octanol–water partition coefficient (Wildman–Crippen LogP) is 4.68. The van der Waals surface area contributed by atoms with Crippen molar-refractivity contribution in [2.75, 3.05) is 0 Å². The number of halogens is 6. The van der Waals surface area contributed by atoms with Crippen LogP contribution in [-0.2, 0) is 18.9 Å². The van der Waals surface area contributed by atoms with E-state index in [1.807, 2.05) is 0 Å². The van der Waals surface area contributed by atoms with Crippen LogP contribution in [0.5, 0.6) is 0 Å². The maximum Gasteiger partial charge on any atom is 0.416 e. The molecule has 3 aromatic heterocycles. The Kier molecular flexibility index (Phi) is 5.86. The molecule has 0 radical (unpaired) electrons. The van der Waals surface area contributed by atoms with Gasteiger partial charge in [0.25, 0.3) is 0 Å². The Morgan fingerprint density at radius 1 is 0.939 bits per heavy atom. The van der Waals surface area contributed by atoms with Crippen molar-refractivity contribution in [2.24, 2.45) is 0 Å². The van der Waals surface area contributed by atoms with Gasteiger partial charge in [-0.2, -0.15) is 31.4 Å². The molecule has 13 heteroatoms. The van der Waals surface area contributed by atoms with Crippen LogP contribution in [0, 0.1) is 11.8 Å². The molecule has 4 rings (SSSR count). The molecular weight excluding hydrogens is 470 g/mol. The average molecular weight is 480 g/mol. The average Bonchev–Trinajstić information content (AvgIpc) is 3.41. The van der Waals surface area contributed by atoms with Crippen LogP contribution in [0.2, 0.25) is 0 Å². The Morgan fingerprint density at radius 2 is 1.76 bits per heavy atom. The minimum Gasteiger partial charge on any atom is -0.267 e. The molecule has 1 aromatic carbocycles. The van der Waals surface area contributed by atoms with Crippen LogP contribution in [0.25, 0.3) is 10.7 Å². The number of alkyl halides is 6. The number of hydrogen-bond donors (Lipinski definition) is 0. The monoisotopic (exact) mass is 480 g/mol. The van der Waals surface area contributed by atoms with Crippen LogP contribution in [0.4, 0.5) is 26.3 Å². The molecule has 0 amide bonds. The summed E-state index contributed by atoms with van der Waals surface area (Å²) >= 11 is 1.18. The van der Waals surface area contributed by atoms with E-state index in [1.165, 1.54) is 42.3 Å². The molecule has 168 valence electrons. The molecule has 0 saturated heterocycles. The zero-order valence-electron chi connectivity index (χ0n) is 16.2. The highest BCUT2D eigenvalue weighted by Gasteiger charge is 2.38. The fraction of sp³-hybridized carbons (Fsp3) is 0.150. The highest BCUT2D eigenvalue weighted by atomic mass is 32.1. The van der Waals surface area contributed by atoms with E-state index in [1.54, 1.807) is 0 Å². The smallest absolute Gasteiger partial charge is 0.267 e. The van der Waals surface area contributed by atoms with Crippen molar-refractivity contribution in [1.29, 1.82) is 0 Å². The van der Waals surface area contributed by atoms with Crippen molar-refractivity contribution in [3.63, 3.8) is 0 Å². The van der Waals surface area contributed by atoms with Gasteiger partial charge in [-0.15, -0.1) is 10.2 Å². The molecule has 0 N–H and O–H groups in total. The van der Waals surface area contributed by atoms with E-state index in [2.05, 4.69) is 37.1 Å². The van der Waals surface area contributed by atoms with E-state index in [0.717, 1.165) is 10.7 Å². The maximum absolute atomic E-state index is 13.3. The first kappa shape index (κ1) is 22.4. The summed E-state index contributed by atoms with van der Waals surface area (Å²) in [4.78, 5) is 8.05. The summed E-state index contributed by atoms with van der Waals surface area (Å²) in [5.41, 5.74) is -2.18. The third kappa shape index (κ3) is 5.35. The lowest BCUT2D eigenvalue weighted by atomic mass is 10.0. The second-order valence-corrected chi connectivity index (χ2v) is 7.52. The van der Waals surface area contributed by atoms with E-state index in [4.69, 9.17) is 0 Å². The van der Waals surface area contributed by atoms with Crippen molar-refractivity contribution in [1.82, 2.24) is 29.9 Å². The Balaban J connectivity index is 1.53. The molecule has 0 bridgehead atoms. The summed E-state index contributed by atoms with van der Waals surface area (Å²) in [5, 5.41) is 12.7. The van der Waals surface area contributed by atoms with Crippen LogP contribution in [0.1, 0.15) is 27.3 Å². The number of hydrogen-bond acceptors (Lipinski definition) is 6. The lowest BCUT2D eigenvalue weighted by molar-refractivity contribution is -0.143. The molecule has 0 unspecified atom stereocenters. The molecule has 3 heterocycles. The minimum atomic E-state index is -4.95. The summed E-state index contributed by atoms with van der Waals surface area (Å²) in [6.07, 6.45) is -2.57. The number of rotatable bonds is 3. The summed E-state index contributed by atoms with van der Waals surface area (Å²) in [5.74, 6) is 5.55. The number of nitrogens with zero attached hydrogens (tertiary/aromatic N) is 6. The van der Waals surface area contributed by atoms with Crippen LogP contribution in [-0.4, -0.2) is 29.9 Å². The van der Waals surface area contributed by atoms with Gasteiger partial charge in [0.2, 0.25) is 0 Å². The SMILES string of the molecule is FC(F)(F)c1ccc(Cn2cc(C#Cc3nnc(-c4cnccn4)s3)cn2)c(C(F)(F)F)c1. The third-order valence-corrected chi connectivity index (χ3v) is 5.09. The van der Waals surface area contributed by atoms with Crippen molar-refractivity contribution in [3.8, 4) is 22.5 Å². The molecule has 0 spiro atoms. The fourth-order valence-corrected chi connectivity index (χ4v) is 3.41. The van der Waals surface area contributed by atoms with Gasteiger partial charge in [0, 0.05) is 18.6 Å².